The molecule has 1 aliphatic rings. The number of hydrogen-bond donors (Lipinski definition) is 1. The molecule has 3 nitrogen and oxygen atoms in total. The van der Waals surface area contributed by atoms with Gasteiger partial charge in [-0.1, -0.05) is 6.42 Å². The van der Waals surface area contributed by atoms with E-state index in [4.69, 9.17) is 0 Å². The number of rotatable bonds is 4. The monoisotopic (exact) mass is 207 g/mol. The lowest BCUT2D eigenvalue weighted by Crippen LogP contribution is -2.20. The second-order valence-electron chi connectivity index (χ2n) is 4.44. The van der Waals surface area contributed by atoms with Gasteiger partial charge in [-0.25, -0.2) is 0 Å². The minimum absolute atomic E-state index is 0.417. The third-order valence-electron chi connectivity index (χ3n) is 3.60. The maximum Gasteiger partial charge on any atom is 0.0540 e. The molecule has 84 valence electrons. The third-order valence-corrected chi connectivity index (χ3v) is 3.60. The molecule has 15 heavy (non-hydrogen) atoms. The van der Waals surface area contributed by atoms with Crippen LogP contribution in [-0.2, 0) is 6.54 Å². The molecule has 0 radical (unpaired) electrons. The van der Waals surface area contributed by atoms with E-state index >= 15 is 0 Å². The van der Waals surface area contributed by atoms with E-state index in [2.05, 4.69) is 28.9 Å². The molecule has 1 aromatic heterocycles. The van der Waals surface area contributed by atoms with Crippen LogP contribution in [0.15, 0.2) is 6.20 Å². The Morgan fingerprint density at radius 2 is 2.33 bits per heavy atom. The van der Waals surface area contributed by atoms with Crippen LogP contribution >= 0.6 is 0 Å². The zero-order valence-corrected chi connectivity index (χ0v) is 9.95. The quantitative estimate of drug-likeness (QED) is 0.822. The van der Waals surface area contributed by atoms with Gasteiger partial charge >= 0.3 is 0 Å². The zero-order valence-electron chi connectivity index (χ0n) is 9.95. The molecule has 0 aromatic carbocycles. The van der Waals surface area contributed by atoms with Gasteiger partial charge in [0.1, 0.15) is 0 Å². The lowest BCUT2D eigenvalue weighted by Gasteiger charge is -2.28. The van der Waals surface area contributed by atoms with Crippen molar-refractivity contribution >= 4 is 0 Å². The zero-order chi connectivity index (χ0) is 10.8. The first kappa shape index (κ1) is 10.7. The average molecular weight is 207 g/mol. The number of nitrogens with zero attached hydrogens (tertiary/aromatic N) is 2. The summed E-state index contributed by atoms with van der Waals surface area (Å²) in [4.78, 5) is 0. The highest BCUT2D eigenvalue weighted by molar-refractivity contribution is 5.26. The molecule has 1 N–H and O–H groups in total. The van der Waals surface area contributed by atoms with Crippen LogP contribution < -0.4 is 5.32 Å². The Morgan fingerprint density at radius 1 is 1.60 bits per heavy atom. The summed E-state index contributed by atoms with van der Waals surface area (Å²) in [5, 5.41) is 7.79. The van der Waals surface area contributed by atoms with Crippen LogP contribution in [0.4, 0.5) is 0 Å². The number of aromatic nitrogens is 2. The van der Waals surface area contributed by atoms with Gasteiger partial charge in [0.25, 0.3) is 0 Å². The molecular formula is C12H21N3. The molecule has 1 aliphatic carbocycles. The molecule has 0 saturated heterocycles. The van der Waals surface area contributed by atoms with E-state index in [9.17, 15) is 0 Å². The smallest absolute Gasteiger partial charge is 0.0540 e. The maximum absolute atomic E-state index is 4.48. The summed E-state index contributed by atoms with van der Waals surface area (Å²) in [7, 11) is 2.01. The predicted molar refractivity (Wildman–Crippen MR) is 62.0 cm³/mol. The molecule has 1 unspecified atom stereocenters. The SMILES string of the molecule is CCn1ncc(C(C)NC)c1C1CCC1. The second-order valence-corrected chi connectivity index (χ2v) is 4.44. The lowest BCUT2D eigenvalue weighted by molar-refractivity contribution is 0.385. The molecule has 1 atom stereocenters. The highest BCUT2D eigenvalue weighted by atomic mass is 15.3. The van der Waals surface area contributed by atoms with Gasteiger partial charge in [0.2, 0.25) is 0 Å². The molecule has 1 fully saturated rings. The Morgan fingerprint density at radius 3 is 2.80 bits per heavy atom. The standard InChI is InChI=1S/C12H21N3/c1-4-15-12(10-6-5-7-10)11(8-14-15)9(2)13-3/h8-10,13H,4-7H2,1-3H3. The van der Waals surface area contributed by atoms with Gasteiger partial charge in [0, 0.05) is 29.8 Å². The fourth-order valence-corrected chi connectivity index (χ4v) is 2.28. The molecule has 0 amide bonds. The molecule has 0 spiro atoms. The van der Waals surface area contributed by atoms with Crippen LogP contribution in [-0.4, -0.2) is 16.8 Å². The minimum Gasteiger partial charge on any atom is -0.313 e. The topological polar surface area (TPSA) is 29.9 Å². The van der Waals surface area contributed by atoms with Crippen molar-refractivity contribution in [3.05, 3.63) is 17.5 Å². The maximum atomic E-state index is 4.48. The molecule has 2 rings (SSSR count). The molecular weight excluding hydrogens is 186 g/mol. The molecule has 0 bridgehead atoms. The Balaban J connectivity index is 2.32. The number of hydrogen-bond acceptors (Lipinski definition) is 2. The van der Waals surface area contributed by atoms with Crippen molar-refractivity contribution in [1.82, 2.24) is 15.1 Å². The summed E-state index contributed by atoms with van der Waals surface area (Å²) in [5.74, 6) is 0.762. The fourth-order valence-electron chi connectivity index (χ4n) is 2.28. The van der Waals surface area contributed by atoms with Gasteiger partial charge in [0.05, 0.1) is 6.20 Å². The summed E-state index contributed by atoms with van der Waals surface area (Å²) in [6, 6.07) is 0.417. The Hall–Kier alpha value is -0.830. The van der Waals surface area contributed by atoms with E-state index in [1.165, 1.54) is 30.5 Å². The minimum atomic E-state index is 0.417. The van der Waals surface area contributed by atoms with Gasteiger partial charge in [-0.2, -0.15) is 5.10 Å². The van der Waals surface area contributed by atoms with E-state index in [0.29, 0.717) is 6.04 Å². The average Bonchev–Trinajstić information content (AvgIpc) is 2.58. The second kappa shape index (κ2) is 4.35. The summed E-state index contributed by atoms with van der Waals surface area (Å²) >= 11 is 0. The van der Waals surface area contributed by atoms with Gasteiger partial charge in [-0.15, -0.1) is 0 Å². The summed E-state index contributed by atoms with van der Waals surface area (Å²) < 4.78 is 2.17. The Bertz CT molecular complexity index is 326. The van der Waals surface area contributed by atoms with Gasteiger partial charge < -0.3 is 5.32 Å². The third kappa shape index (κ3) is 1.81. The van der Waals surface area contributed by atoms with Gasteiger partial charge in [-0.3, -0.25) is 4.68 Å². The summed E-state index contributed by atoms with van der Waals surface area (Å²) in [5.41, 5.74) is 2.87. The first-order valence-corrected chi connectivity index (χ1v) is 6.00. The van der Waals surface area contributed by atoms with E-state index in [1.807, 2.05) is 13.2 Å². The highest BCUT2D eigenvalue weighted by Crippen LogP contribution is 2.39. The van der Waals surface area contributed by atoms with Gasteiger partial charge in [0.15, 0.2) is 0 Å². The van der Waals surface area contributed by atoms with E-state index in [0.717, 1.165) is 12.5 Å². The molecule has 3 heteroatoms. The normalized spacial score (nSPS) is 18.9. The van der Waals surface area contributed by atoms with Crippen LogP contribution in [0.1, 0.15) is 56.3 Å². The van der Waals surface area contributed by atoms with Crippen molar-refractivity contribution in [2.75, 3.05) is 7.05 Å². The van der Waals surface area contributed by atoms with Gasteiger partial charge in [-0.05, 0) is 33.7 Å². The number of aryl methyl sites for hydroxylation is 1. The van der Waals surface area contributed by atoms with Crippen LogP contribution in [0.5, 0.6) is 0 Å². The van der Waals surface area contributed by atoms with E-state index in [1.54, 1.807) is 0 Å². The largest absolute Gasteiger partial charge is 0.313 e. The lowest BCUT2D eigenvalue weighted by atomic mass is 9.80. The Labute approximate surface area is 91.9 Å². The van der Waals surface area contributed by atoms with E-state index < -0.39 is 0 Å². The van der Waals surface area contributed by atoms with Crippen molar-refractivity contribution in [3.63, 3.8) is 0 Å². The van der Waals surface area contributed by atoms with Crippen LogP contribution in [0.2, 0.25) is 0 Å². The molecule has 0 aliphatic heterocycles. The Kier molecular flexibility index (Phi) is 3.10. The molecule has 1 heterocycles. The first-order valence-electron chi connectivity index (χ1n) is 6.00. The van der Waals surface area contributed by atoms with Crippen LogP contribution in [0.3, 0.4) is 0 Å². The first-order chi connectivity index (χ1) is 7.27. The highest BCUT2D eigenvalue weighted by Gasteiger charge is 2.27. The fraction of sp³-hybridized carbons (Fsp3) is 0.750. The molecule has 1 aromatic rings. The van der Waals surface area contributed by atoms with Crippen molar-refractivity contribution in [1.29, 1.82) is 0 Å². The van der Waals surface area contributed by atoms with Crippen molar-refractivity contribution < 1.29 is 0 Å². The van der Waals surface area contributed by atoms with Crippen molar-refractivity contribution in [2.45, 2.75) is 51.6 Å². The predicted octanol–water partition coefficient (Wildman–Crippen LogP) is 2.45. The summed E-state index contributed by atoms with van der Waals surface area (Å²) in [6.45, 7) is 5.37. The van der Waals surface area contributed by atoms with E-state index in [-0.39, 0.29) is 0 Å². The number of nitrogens with one attached hydrogen (secondary N) is 1. The van der Waals surface area contributed by atoms with Crippen LogP contribution in [0, 0.1) is 0 Å². The van der Waals surface area contributed by atoms with Crippen molar-refractivity contribution in [3.8, 4) is 0 Å². The summed E-state index contributed by atoms with van der Waals surface area (Å²) in [6.07, 6.45) is 6.11. The van der Waals surface area contributed by atoms with Crippen molar-refractivity contribution in [2.24, 2.45) is 0 Å². The van der Waals surface area contributed by atoms with Crippen LogP contribution in [0.25, 0.3) is 0 Å². The molecule has 1 saturated carbocycles.